The number of hydrogen-bond acceptors (Lipinski definition) is 4. The van der Waals surface area contributed by atoms with E-state index >= 15 is 0 Å². The number of halogens is 1. The molecule has 3 aromatic rings. The molecule has 2 N–H and O–H groups in total. The van der Waals surface area contributed by atoms with Crippen molar-refractivity contribution in [3.8, 4) is 11.4 Å². The van der Waals surface area contributed by atoms with E-state index in [0.717, 1.165) is 5.69 Å². The Balaban J connectivity index is 1.72. The van der Waals surface area contributed by atoms with E-state index in [0.29, 0.717) is 10.8 Å². The van der Waals surface area contributed by atoms with E-state index in [4.69, 9.17) is 16.3 Å². The van der Waals surface area contributed by atoms with Crippen LogP contribution < -0.4 is 15.6 Å². The number of rotatable bonds is 4. The number of amides is 2. The maximum Gasteiger partial charge on any atom is 0.288 e. The van der Waals surface area contributed by atoms with E-state index in [9.17, 15) is 9.59 Å². The summed E-state index contributed by atoms with van der Waals surface area (Å²) in [7, 11) is 1.43. The molecule has 2 aromatic carbocycles. The van der Waals surface area contributed by atoms with Crippen molar-refractivity contribution in [2.24, 2.45) is 0 Å². The van der Waals surface area contributed by atoms with E-state index in [2.05, 4.69) is 15.8 Å². The van der Waals surface area contributed by atoms with Crippen molar-refractivity contribution in [1.82, 2.24) is 20.4 Å². The first-order valence-electron chi connectivity index (χ1n) is 7.62. The van der Waals surface area contributed by atoms with Crippen molar-refractivity contribution in [3.05, 3.63) is 77.3 Å². The SMILES string of the molecule is COc1cc(Cl)ccc1C(=O)NNC(=O)c1cncn1-c1ccccc1. The van der Waals surface area contributed by atoms with E-state index in [-0.39, 0.29) is 11.3 Å². The summed E-state index contributed by atoms with van der Waals surface area (Å²) in [6.07, 6.45) is 2.94. The molecule has 0 radical (unpaired) electrons. The second-order valence-electron chi connectivity index (χ2n) is 5.24. The molecule has 3 rings (SSSR count). The van der Waals surface area contributed by atoms with Gasteiger partial charge < -0.3 is 4.74 Å². The fraction of sp³-hybridized carbons (Fsp3) is 0.0556. The van der Waals surface area contributed by atoms with Crippen LogP contribution in [0.2, 0.25) is 5.02 Å². The first kappa shape index (κ1) is 17.5. The maximum atomic E-state index is 12.4. The van der Waals surface area contributed by atoms with Crippen molar-refractivity contribution in [2.45, 2.75) is 0 Å². The minimum absolute atomic E-state index is 0.244. The van der Waals surface area contributed by atoms with Crippen LogP contribution in [0, 0.1) is 0 Å². The summed E-state index contributed by atoms with van der Waals surface area (Å²) in [5.41, 5.74) is 6.03. The highest BCUT2D eigenvalue weighted by Gasteiger charge is 2.16. The minimum atomic E-state index is -0.530. The normalized spacial score (nSPS) is 10.2. The molecular formula is C18H15ClN4O3. The lowest BCUT2D eigenvalue weighted by atomic mass is 10.2. The van der Waals surface area contributed by atoms with E-state index in [1.165, 1.54) is 31.8 Å². The zero-order valence-corrected chi connectivity index (χ0v) is 14.5. The number of imidazole rings is 1. The number of nitrogens with zero attached hydrogens (tertiary/aromatic N) is 2. The van der Waals surface area contributed by atoms with Gasteiger partial charge in [-0.15, -0.1) is 0 Å². The van der Waals surface area contributed by atoms with Gasteiger partial charge in [0.1, 0.15) is 11.4 Å². The Morgan fingerprint density at radius 1 is 1.08 bits per heavy atom. The number of ether oxygens (including phenoxy) is 1. The van der Waals surface area contributed by atoms with Gasteiger partial charge in [0, 0.05) is 10.7 Å². The topological polar surface area (TPSA) is 85.2 Å². The van der Waals surface area contributed by atoms with Crippen LogP contribution in [-0.4, -0.2) is 28.5 Å². The molecule has 1 aromatic heterocycles. The Morgan fingerprint density at radius 3 is 2.54 bits per heavy atom. The molecule has 0 aliphatic rings. The number of carbonyl (C=O) groups is 2. The standard InChI is InChI=1S/C18H15ClN4O3/c1-26-16-9-12(19)7-8-14(16)17(24)21-22-18(25)15-10-20-11-23(15)13-5-3-2-4-6-13/h2-11H,1H3,(H,21,24)(H,22,25). The van der Waals surface area contributed by atoms with Gasteiger partial charge in [-0.3, -0.25) is 25.0 Å². The molecule has 0 spiro atoms. The van der Waals surface area contributed by atoms with Gasteiger partial charge in [-0.25, -0.2) is 4.98 Å². The fourth-order valence-electron chi connectivity index (χ4n) is 2.35. The van der Waals surface area contributed by atoms with Crippen LogP contribution in [0.3, 0.4) is 0 Å². The van der Waals surface area contributed by atoms with E-state index < -0.39 is 11.8 Å². The van der Waals surface area contributed by atoms with Crippen LogP contribution in [0.1, 0.15) is 20.8 Å². The number of aromatic nitrogens is 2. The number of nitrogens with one attached hydrogen (secondary N) is 2. The molecule has 2 amide bonds. The van der Waals surface area contributed by atoms with Crippen molar-refractivity contribution >= 4 is 23.4 Å². The Bertz CT molecular complexity index is 941. The lowest BCUT2D eigenvalue weighted by Crippen LogP contribution is -2.42. The Morgan fingerprint density at radius 2 is 1.81 bits per heavy atom. The quantitative estimate of drug-likeness (QED) is 0.691. The van der Waals surface area contributed by atoms with Gasteiger partial charge in [0.15, 0.2) is 0 Å². The number of carbonyl (C=O) groups excluding carboxylic acids is 2. The average Bonchev–Trinajstić information content (AvgIpc) is 3.16. The molecule has 132 valence electrons. The lowest BCUT2D eigenvalue weighted by molar-refractivity contribution is 0.0841. The highest BCUT2D eigenvalue weighted by atomic mass is 35.5. The maximum absolute atomic E-state index is 12.4. The third-order valence-corrected chi connectivity index (χ3v) is 3.84. The molecule has 0 fully saturated rings. The Hall–Kier alpha value is -3.32. The zero-order valence-electron chi connectivity index (χ0n) is 13.8. The molecule has 8 heteroatoms. The summed E-state index contributed by atoms with van der Waals surface area (Å²) < 4.78 is 6.75. The molecule has 0 atom stereocenters. The molecule has 0 unspecified atom stereocenters. The van der Waals surface area contributed by atoms with Crippen LogP contribution >= 0.6 is 11.6 Å². The molecule has 1 heterocycles. The summed E-state index contributed by atoms with van der Waals surface area (Å²) in [5.74, 6) is -0.733. The van der Waals surface area contributed by atoms with Crippen molar-refractivity contribution in [2.75, 3.05) is 7.11 Å². The highest BCUT2D eigenvalue weighted by Crippen LogP contribution is 2.22. The van der Waals surface area contributed by atoms with E-state index in [1.807, 2.05) is 30.3 Å². The number of methoxy groups -OCH3 is 1. The van der Waals surface area contributed by atoms with Crippen molar-refractivity contribution in [3.63, 3.8) is 0 Å². The lowest BCUT2D eigenvalue weighted by Gasteiger charge is -2.11. The molecule has 7 nitrogen and oxygen atoms in total. The van der Waals surface area contributed by atoms with Gasteiger partial charge in [0.25, 0.3) is 11.8 Å². The van der Waals surface area contributed by atoms with Gasteiger partial charge in [-0.2, -0.15) is 0 Å². The van der Waals surface area contributed by atoms with Crippen molar-refractivity contribution in [1.29, 1.82) is 0 Å². The summed E-state index contributed by atoms with van der Waals surface area (Å²) >= 11 is 5.88. The second kappa shape index (κ2) is 7.71. The fourth-order valence-corrected chi connectivity index (χ4v) is 2.52. The smallest absolute Gasteiger partial charge is 0.288 e. The number of hydrogen-bond donors (Lipinski definition) is 2. The third kappa shape index (κ3) is 3.68. The number of para-hydroxylation sites is 1. The Kier molecular flexibility index (Phi) is 5.19. The summed E-state index contributed by atoms with van der Waals surface area (Å²) in [4.78, 5) is 28.7. The molecule has 0 saturated carbocycles. The first-order valence-corrected chi connectivity index (χ1v) is 8.00. The molecule has 0 aliphatic heterocycles. The van der Waals surface area contributed by atoms with Gasteiger partial charge >= 0.3 is 0 Å². The van der Waals surface area contributed by atoms with Gasteiger partial charge in [0.05, 0.1) is 25.2 Å². The molecular weight excluding hydrogens is 356 g/mol. The minimum Gasteiger partial charge on any atom is -0.496 e. The molecule has 0 saturated heterocycles. The number of hydrazine groups is 1. The average molecular weight is 371 g/mol. The van der Waals surface area contributed by atoms with Gasteiger partial charge in [0.2, 0.25) is 0 Å². The molecule has 26 heavy (non-hydrogen) atoms. The number of benzene rings is 2. The van der Waals surface area contributed by atoms with Crippen LogP contribution in [0.15, 0.2) is 61.1 Å². The monoisotopic (exact) mass is 370 g/mol. The Labute approximate surface area is 154 Å². The van der Waals surface area contributed by atoms with Gasteiger partial charge in [-0.1, -0.05) is 29.8 Å². The van der Waals surface area contributed by atoms with Crippen LogP contribution in [0.25, 0.3) is 5.69 Å². The van der Waals surface area contributed by atoms with Crippen LogP contribution in [-0.2, 0) is 0 Å². The molecule has 0 aliphatic carbocycles. The summed E-state index contributed by atoms with van der Waals surface area (Å²) in [5, 5.41) is 0.439. The van der Waals surface area contributed by atoms with Gasteiger partial charge in [-0.05, 0) is 30.3 Å². The second-order valence-corrected chi connectivity index (χ2v) is 5.67. The van der Waals surface area contributed by atoms with Crippen molar-refractivity contribution < 1.29 is 14.3 Å². The highest BCUT2D eigenvalue weighted by molar-refractivity contribution is 6.30. The largest absolute Gasteiger partial charge is 0.496 e. The van der Waals surface area contributed by atoms with Crippen LogP contribution in [0.4, 0.5) is 0 Å². The summed E-state index contributed by atoms with van der Waals surface area (Å²) in [6, 6.07) is 13.9. The molecule has 0 bridgehead atoms. The zero-order chi connectivity index (χ0) is 18.5. The first-order chi connectivity index (χ1) is 12.6. The predicted octanol–water partition coefficient (Wildman–Crippen LogP) is 2.61. The predicted molar refractivity (Wildman–Crippen MR) is 96.5 cm³/mol. The third-order valence-electron chi connectivity index (χ3n) is 3.60. The van der Waals surface area contributed by atoms with E-state index in [1.54, 1.807) is 10.6 Å². The summed E-state index contributed by atoms with van der Waals surface area (Å²) in [6.45, 7) is 0. The van der Waals surface area contributed by atoms with Crippen LogP contribution in [0.5, 0.6) is 5.75 Å².